The lowest BCUT2D eigenvalue weighted by Crippen LogP contribution is -2.46. The molecular formula is C22H28N2O6S2. The highest BCUT2D eigenvalue weighted by atomic mass is 32.2. The second-order valence-corrected chi connectivity index (χ2v) is 8.87. The number of carbonyl (C=O) groups excluding carboxylic acids is 2. The average molecular weight is 481 g/mol. The third kappa shape index (κ3) is 6.46. The number of rotatable bonds is 11. The molecule has 32 heavy (non-hydrogen) atoms. The summed E-state index contributed by atoms with van der Waals surface area (Å²) in [5, 5.41) is 11.9. The van der Waals surface area contributed by atoms with E-state index in [1.54, 1.807) is 32.2 Å². The molecule has 0 bridgehead atoms. The first kappa shape index (κ1) is 25.7. The van der Waals surface area contributed by atoms with Crippen LogP contribution in [0.1, 0.15) is 39.2 Å². The molecule has 10 heteroatoms. The van der Waals surface area contributed by atoms with E-state index in [2.05, 4.69) is 5.32 Å². The van der Waals surface area contributed by atoms with Crippen molar-refractivity contribution in [3.8, 4) is 11.5 Å². The first-order valence-electron chi connectivity index (χ1n) is 10.3. The van der Waals surface area contributed by atoms with Gasteiger partial charge in [0.25, 0.3) is 5.91 Å². The number of ether oxygens (including phenoxy) is 2. The van der Waals surface area contributed by atoms with Gasteiger partial charge >= 0.3 is 5.97 Å². The fourth-order valence-electron chi connectivity index (χ4n) is 3.03. The van der Waals surface area contributed by atoms with Gasteiger partial charge in [0.1, 0.15) is 10.4 Å². The van der Waals surface area contributed by atoms with E-state index in [-0.39, 0.29) is 24.8 Å². The van der Waals surface area contributed by atoms with E-state index in [0.29, 0.717) is 33.8 Å². The molecule has 2 unspecified atom stereocenters. The van der Waals surface area contributed by atoms with Crippen LogP contribution in [0, 0.1) is 5.92 Å². The lowest BCUT2D eigenvalue weighted by molar-refractivity contribution is -0.143. The van der Waals surface area contributed by atoms with Crippen molar-refractivity contribution in [2.75, 3.05) is 20.3 Å². The number of hydrogen-bond donors (Lipinski definition) is 2. The molecule has 8 nitrogen and oxygen atoms in total. The van der Waals surface area contributed by atoms with Gasteiger partial charge in [-0.05, 0) is 36.6 Å². The Bertz CT molecular complexity index is 918. The molecule has 1 aliphatic rings. The molecule has 1 aromatic rings. The zero-order valence-corrected chi connectivity index (χ0v) is 20.2. The predicted molar refractivity (Wildman–Crippen MR) is 128 cm³/mol. The van der Waals surface area contributed by atoms with Crippen LogP contribution in [0.5, 0.6) is 11.5 Å². The Morgan fingerprint density at radius 2 is 2.03 bits per heavy atom. The molecule has 0 spiro atoms. The van der Waals surface area contributed by atoms with E-state index < -0.39 is 17.9 Å². The predicted octanol–water partition coefficient (Wildman–Crippen LogP) is 3.30. The van der Waals surface area contributed by atoms with Crippen LogP contribution in [-0.2, 0) is 14.4 Å². The minimum Gasteiger partial charge on any atom is -0.493 e. The zero-order chi connectivity index (χ0) is 23.8. The first-order chi connectivity index (χ1) is 15.2. The number of methoxy groups -OCH3 is 1. The summed E-state index contributed by atoms with van der Waals surface area (Å²) in [6.45, 7) is 6.09. The summed E-state index contributed by atoms with van der Waals surface area (Å²) in [6, 6.07) is 4.39. The number of carboxylic acid groups (broad SMARTS) is 1. The Labute approximate surface area is 197 Å². The van der Waals surface area contributed by atoms with Crippen LogP contribution < -0.4 is 14.8 Å². The minimum atomic E-state index is -1.08. The number of amides is 2. The summed E-state index contributed by atoms with van der Waals surface area (Å²) in [6.07, 6.45) is 2.28. The van der Waals surface area contributed by atoms with Gasteiger partial charge in [-0.1, -0.05) is 50.3 Å². The van der Waals surface area contributed by atoms with Gasteiger partial charge in [0.05, 0.1) is 18.6 Å². The Kier molecular flexibility index (Phi) is 9.52. The van der Waals surface area contributed by atoms with Crippen LogP contribution in [0.4, 0.5) is 0 Å². The van der Waals surface area contributed by atoms with Crippen molar-refractivity contribution in [2.45, 2.75) is 39.7 Å². The van der Waals surface area contributed by atoms with Crippen LogP contribution in [0.2, 0.25) is 0 Å². The van der Waals surface area contributed by atoms with E-state index in [1.807, 2.05) is 19.9 Å². The highest BCUT2D eigenvalue weighted by Crippen LogP contribution is 2.34. The second kappa shape index (κ2) is 11.9. The maximum Gasteiger partial charge on any atom is 0.326 e. The molecule has 1 fully saturated rings. The van der Waals surface area contributed by atoms with Crippen molar-refractivity contribution in [3.05, 3.63) is 28.7 Å². The number of thiocarbonyl (C=S) groups is 1. The molecule has 2 amide bonds. The van der Waals surface area contributed by atoms with Crippen molar-refractivity contribution in [1.29, 1.82) is 0 Å². The van der Waals surface area contributed by atoms with Gasteiger partial charge in [-0.15, -0.1) is 0 Å². The third-order valence-corrected chi connectivity index (χ3v) is 6.39. The van der Waals surface area contributed by atoms with Gasteiger partial charge < -0.3 is 19.9 Å². The zero-order valence-electron chi connectivity index (χ0n) is 18.5. The molecule has 0 aromatic heterocycles. The minimum absolute atomic E-state index is 0.0448. The molecule has 0 saturated carbocycles. The van der Waals surface area contributed by atoms with Crippen LogP contribution in [0.25, 0.3) is 6.08 Å². The summed E-state index contributed by atoms with van der Waals surface area (Å²) < 4.78 is 11.2. The Morgan fingerprint density at radius 1 is 1.31 bits per heavy atom. The van der Waals surface area contributed by atoms with Crippen LogP contribution >= 0.6 is 24.0 Å². The van der Waals surface area contributed by atoms with E-state index in [1.165, 1.54) is 4.90 Å². The van der Waals surface area contributed by atoms with Gasteiger partial charge in [0.2, 0.25) is 5.91 Å². The van der Waals surface area contributed by atoms with Crippen LogP contribution in [0.3, 0.4) is 0 Å². The van der Waals surface area contributed by atoms with Gasteiger partial charge in [0, 0.05) is 13.0 Å². The van der Waals surface area contributed by atoms with E-state index in [0.717, 1.165) is 17.3 Å². The molecule has 1 heterocycles. The lowest BCUT2D eigenvalue weighted by Gasteiger charge is -2.21. The number of aliphatic carboxylic acids is 1. The monoisotopic (exact) mass is 480 g/mol. The molecule has 2 N–H and O–H groups in total. The van der Waals surface area contributed by atoms with E-state index >= 15 is 0 Å². The molecular weight excluding hydrogens is 452 g/mol. The van der Waals surface area contributed by atoms with E-state index in [4.69, 9.17) is 21.7 Å². The maximum atomic E-state index is 12.8. The second-order valence-electron chi connectivity index (χ2n) is 7.20. The molecule has 0 aliphatic carbocycles. The average Bonchev–Trinajstić information content (AvgIpc) is 3.03. The third-order valence-electron chi connectivity index (χ3n) is 5.02. The van der Waals surface area contributed by atoms with Gasteiger partial charge in [-0.3, -0.25) is 14.5 Å². The first-order valence-corrected chi connectivity index (χ1v) is 11.5. The Balaban J connectivity index is 2.05. The Hall–Kier alpha value is -2.59. The number of nitrogens with zero attached hydrogens (tertiary/aromatic N) is 1. The largest absolute Gasteiger partial charge is 0.493 e. The van der Waals surface area contributed by atoms with Crippen LogP contribution in [-0.4, -0.2) is 58.4 Å². The highest BCUT2D eigenvalue weighted by molar-refractivity contribution is 8.26. The smallest absolute Gasteiger partial charge is 0.326 e. The molecule has 174 valence electrons. The van der Waals surface area contributed by atoms with E-state index in [9.17, 15) is 19.5 Å². The van der Waals surface area contributed by atoms with Crippen molar-refractivity contribution in [2.24, 2.45) is 5.92 Å². The number of hydrogen-bond acceptors (Lipinski definition) is 7. The van der Waals surface area contributed by atoms with Crippen molar-refractivity contribution >= 4 is 52.2 Å². The molecule has 1 aliphatic heterocycles. The number of thioether (sulfide) groups is 1. The number of carbonyl (C=O) groups is 3. The fraction of sp³-hybridized carbons (Fsp3) is 0.455. The summed E-state index contributed by atoms with van der Waals surface area (Å²) in [5.74, 6) is -0.844. The topological polar surface area (TPSA) is 105 Å². The summed E-state index contributed by atoms with van der Waals surface area (Å²) in [4.78, 5) is 38.3. The fourth-order valence-corrected chi connectivity index (χ4v) is 4.34. The molecule has 0 radical (unpaired) electrons. The van der Waals surface area contributed by atoms with Crippen LogP contribution in [0.15, 0.2) is 23.1 Å². The number of benzene rings is 1. The molecule has 1 saturated heterocycles. The summed E-state index contributed by atoms with van der Waals surface area (Å²) in [5.41, 5.74) is 0.751. The molecule has 2 atom stereocenters. The maximum absolute atomic E-state index is 12.8. The number of nitrogens with one attached hydrogen (secondary N) is 1. The lowest BCUT2D eigenvalue weighted by atomic mass is 9.99. The quantitative estimate of drug-likeness (QED) is 0.367. The molecule has 2 rings (SSSR count). The standard InChI is InChI=1S/C22H28N2O6S2/c1-5-13(3)19(21(27)28)23-18(25)9-10-24-20(26)17(32-22(24)31)12-14-7-8-15(30-6-2)16(11-14)29-4/h7-8,11-13,19H,5-6,9-10H2,1-4H3,(H,23,25)(H,27,28)/b17-12-. The summed E-state index contributed by atoms with van der Waals surface area (Å²) in [7, 11) is 1.54. The SMILES string of the molecule is CCOc1ccc(/C=C2\SC(=S)N(CCC(=O)NC(C(=O)O)C(C)CC)C2=O)cc1OC. The van der Waals surface area contributed by atoms with Gasteiger partial charge in [-0.2, -0.15) is 0 Å². The van der Waals surface area contributed by atoms with Crippen molar-refractivity contribution < 1.29 is 29.0 Å². The van der Waals surface area contributed by atoms with Crippen molar-refractivity contribution in [3.63, 3.8) is 0 Å². The van der Waals surface area contributed by atoms with Crippen molar-refractivity contribution in [1.82, 2.24) is 10.2 Å². The highest BCUT2D eigenvalue weighted by Gasteiger charge is 2.33. The summed E-state index contributed by atoms with van der Waals surface area (Å²) >= 11 is 6.47. The van der Waals surface area contributed by atoms with Gasteiger partial charge in [-0.25, -0.2) is 4.79 Å². The Morgan fingerprint density at radius 3 is 2.62 bits per heavy atom. The normalized spacial score (nSPS) is 16.8. The molecule has 1 aromatic carbocycles. The number of carboxylic acids is 1. The van der Waals surface area contributed by atoms with Gasteiger partial charge in [0.15, 0.2) is 11.5 Å².